The van der Waals surface area contributed by atoms with Crippen LogP contribution in [0, 0.1) is 0 Å². The van der Waals surface area contributed by atoms with Crippen LogP contribution in [0.4, 0.5) is 8.78 Å². The van der Waals surface area contributed by atoms with Gasteiger partial charge in [-0.15, -0.1) is 0 Å². The standard InChI is InChI=1S/C7H6ClF2N/c1-7(9,10)5-2-3-11-4-6(5)8/h2-4H,1H3. The lowest BCUT2D eigenvalue weighted by Gasteiger charge is -2.10. The summed E-state index contributed by atoms with van der Waals surface area (Å²) in [5.41, 5.74) is -0.186. The fourth-order valence-electron chi connectivity index (χ4n) is 0.731. The number of hydrogen-bond acceptors (Lipinski definition) is 1. The minimum Gasteiger partial charge on any atom is -0.263 e. The third-order valence-electron chi connectivity index (χ3n) is 1.25. The maximum Gasteiger partial charge on any atom is 0.272 e. The number of rotatable bonds is 1. The van der Waals surface area contributed by atoms with E-state index in [1.807, 2.05) is 0 Å². The van der Waals surface area contributed by atoms with E-state index in [4.69, 9.17) is 11.6 Å². The summed E-state index contributed by atoms with van der Waals surface area (Å²) in [4.78, 5) is 3.59. The number of halogens is 3. The summed E-state index contributed by atoms with van der Waals surface area (Å²) in [5, 5.41) is 0.000000000000000222. The number of aromatic nitrogens is 1. The highest BCUT2D eigenvalue weighted by Crippen LogP contribution is 2.31. The van der Waals surface area contributed by atoms with Gasteiger partial charge in [-0.1, -0.05) is 11.6 Å². The van der Waals surface area contributed by atoms with E-state index in [2.05, 4.69) is 4.98 Å². The Morgan fingerprint density at radius 1 is 1.55 bits per heavy atom. The van der Waals surface area contributed by atoms with Crippen molar-refractivity contribution in [1.29, 1.82) is 0 Å². The molecule has 0 saturated heterocycles. The Balaban J connectivity index is 3.14. The summed E-state index contributed by atoms with van der Waals surface area (Å²) in [7, 11) is 0. The van der Waals surface area contributed by atoms with Crippen molar-refractivity contribution in [2.75, 3.05) is 0 Å². The third kappa shape index (κ3) is 1.87. The van der Waals surface area contributed by atoms with Crippen LogP contribution in [0.2, 0.25) is 5.02 Å². The van der Waals surface area contributed by atoms with Gasteiger partial charge in [0.1, 0.15) is 0 Å². The molecule has 60 valence electrons. The van der Waals surface area contributed by atoms with Crippen molar-refractivity contribution >= 4 is 11.6 Å². The van der Waals surface area contributed by atoms with Crippen LogP contribution in [-0.4, -0.2) is 4.98 Å². The fourth-order valence-corrected chi connectivity index (χ4v) is 1.02. The molecule has 0 amide bonds. The highest BCUT2D eigenvalue weighted by Gasteiger charge is 2.26. The van der Waals surface area contributed by atoms with E-state index in [0.29, 0.717) is 0 Å². The first-order valence-corrected chi connectivity index (χ1v) is 3.37. The first-order valence-electron chi connectivity index (χ1n) is 2.99. The molecule has 1 aromatic heterocycles. The molecule has 4 heteroatoms. The van der Waals surface area contributed by atoms with Crippen molar-refractivity contribution < 1.29 is 8.78 Å². The summed E-state index contributed by atoms with van der Waals surface area (Å²) in [6.07, 6.45) is 2.49. The molecule has 0 atom stereocenters. The Hall–Kier alpha value is -0.700. The SMILES string of the molecule is CC(F)(F)c1ccncc1Cl. The molecule has 0 saturated carbocycles. The van der Waals surface area contributed by atoms with Gasteiger partial charge < -0.3 is 0 Å². The molecule has 0 radical (unpaired) electrons. The normalized spacial score (nSPS) is 11.6. The van der Waals surface area contributed by atoms with Gasteiger partial charge in [0, 0.05) is 24.9 Å². The van der Waals surface area contributed by atoms with Crippen molar-refractivity contribution in [2.45, 2.75) is 12.8 Å². The van der Waals surface area contributed by atoms with Crippen LogP contribution in [0.1, 0.15) is 12.5 Å². The van der Waals surface area contributed by atoms with Crippen LogP contribution < -0.4 is 0 Å². The van der Waals surface area contributed by atoms with Gasteiger partial charge >= 0.3 is 0 Å². The molecule has 0 aliphatic carbocycles. The van der Waals surface area contributed by atoms with E-state index in [1.165, 1.54) is 18.5 Å². The van der Waals surface area contributed by atoms with Crippen LogP contribution in [-0.2, 0) is 5.92 Å². The van der Waals surface area contributed by atoms with Gasteiger partial charge in [-0.05, 0) is 6.07 Å². The van der Waals surface area contributed by atoms with Gasteiger partial charge in [0.15, 0.2) is 0 Å². The van der Waals surface area contributed by atoms with Gasteiger partial charge in [-0.25, -0.2) is 8.78 Å². The largest absolute Gasteiger partial charge is 0.272 e. The predicted octanol–water partition coefficient (Wildman–Crippen LogP) is 2.85. The minimum absolute atomic E-state index is 0.000000000000000222. The van der Waals surface area contributed by atoms with Gasteiger partial charge in [-0.3, -0.25) is 4.98 Å². The summed E-state index contributed by atoms with van der Waals surface area (Å²) in [6, 6.07) is 1.21. The van der Waals surface area contributed by atoms with Crippen molar-refractivity contribution in [1.82, 2.24) is 4.98 Å². The van der Waals surface area contributed by atoms with Gasteiger partial charge in [0.25, 0.3) is 5.92 Å². The van der Waals surface area contributed by atoms with Crippen molar-refractivity contribution in [3.63, 3.8) is 0 Å². The first kappa shape index (κ1) is 8.40. The molecule has 0 unspecified atom stereocenters. The molecule has 0 aliphatic heterocycles. The Bertz CT molecular complexity index is 257. The van der Waals surface area contributed by atoms with E-state index in [-0.39, 0.29) is 10.6 Å². The smallest absolute Gasteiger partial charge is 0.263 e. The van der Waals surface area contributed by atoms with E-state index in [9.17, 15) is 8.78 Å². The summed E-state index contributed by atoms with van der Waals surface area (Å²) in [5.74, 6) is -2.89. The molecule has 0 aromatic carbocycles. The summed E-state index contributed by atoms with van der Waals surface area (Å²) in [6.45, 7) is 0.800. The lowest BCUT2D eigenvalue weighted by atomic mass is 10.2. The molecule has 0 spiro atoms. The molecule has 1 aromatic rings. The zero-order valence-corrected chi connectivity index (χ0v) is 6.57. The van der Waals surface area contributed by atoms with E-state index in [0.717, 1.165) is 6.92 Å². The average Bonchev–Trinajstić information content (AvgIpc) is 1.86. The monoisotopic (exact) mass is 177 g/mol. The van der Waals surface area contributed by atoms with Crippen molar-refractivity contribution in [3.05, 3.63) is 29.0 Å². The first-order chi connectivity index (χ1) is 5.02. The third-order valence-corrected chi connectivity index (χ3v) is 1.55. The Morgan fingerprint density at radius 3 is 2.55 bits per heavy atom. The average molecular weight is 178 g/mol. The topological polar surface area (TPSA) is 12.9 Å². The van der Waals surface area contributed by atoms with Gasteiger partial charge in [0.05, 0.1) is 5.02 Å². The lowest BCUT2D eigenvalue weighted by molar-refractivity contribution is 0.0175. The molecule has 0 bridgehead atoms. The number of hydrogen-bond donors (Lipinski definition) is 0. The Labute approximate surface area is 68.0 Å². The lowest BCUT2D eigenvalue weighted by Crippen LogP contribution is -2.07. The summed E-state index contributed by atoms with van der Waals surface area (Å²) >= 11 is 5.47. The van der Waals surface area contributed by atoms with E-state index < -0.39 is 5.92 Å². The second-order valence-electron chi connectivity index (χ2n) is 2.24. The molecule has 0 N–H and O–H groups in total. The van der Waals surface area contributed by atoms with Crippen LogP contribution in [0.15, 0.2) is 18.5 Å². The molecule has 0 aliphatic rings. The van der Waals surface area contributed by atoms with E-state index in [1.54, 1.807) is 0 Å². The number of nitrogens with zero attached hydrogens (tertiary/aromatic N) is 1. The van der Waals surface area contributed by atoms with Crippen LogP contribution in [0.25, 0.3) is 0 Å². The van der Waals surface area contributed by atoms with Crippen molar-refractivity contribution in [3.8, 4) is 0 Å². The highest BCUT2D eigenvalue weighted by molar-refractivity contribution is 6.31. The predicted molar refractivity (Wildman–Crippen MR) is 38.8 cm³/mol. The van der Waals surface area contributed by atoms with Gasteiger partial charge in [0.2, 0.25) is 0 Å². The number of alkyl halides is 2. The van der Waals surface area contributed by atoms with E-state index >= 15 is 0 Å². The molecule has 0 fully saturated rings. The molecule has 1 nitrogen and oxygen atoms in total. The molecular weight excluding hydrogens is 172 g/mol. The van der Waals surface area contributed by atoms with Crippen LogP contribution in [0.3, 0.4) is 0 Å². The zero-order valence-electron chi connectivity index (χ0n) is 5.81. The maximum absolute atomic E-state index is 12.6. The minimum atomic E-state index is -2.89. The second kappa shape index (κ2) is 2.74. The molecule has 1 rings (SSSR count). The fraction of sp³-hybridized carbons (Fsp3) is 0.286. The van der Waals surface area contributed by atoms with Crippen molar-refractivity contribution in [2.24, 2.45) is 0 Å². The maximum atomic E-state index is 12.6. The molecule has 11 heavy (non-hydrogen) atoms. The Morgan fingerprint density at radius 2 is 2.18 bits per heavy atom. The van der Waals surface area contributed by atoms with Crippen LogP contribution in [0.5, 0.6) is 0 Å². The van der Waals surface area contributed by atoms with Gasteiger partial charge in [-0.2, -0.15) is 0 Å². The zero-order chi connectivity index (χ0) is 8.48. The highest BCUT2D eigenvalue weighted by atomic mass is 35.5. The quantitative estimate of drug-likeness (QED) is 0.643. The number of pyridine rings is 1. The second-order valence-corrected chi connectivity index (χ2v) is 2.65. The van der Waals surface area contributed by atoms with Crippen LogP contribution >= 0.6 is 11.6 Å². The summed E-state index contributed by atoms with van der Waals surface area (Å²) < 4.78 is 25.2. The Kier molecular flexibility index (Phi) is 2.09. The molecule has 1 heterocycles. The molecular formula is C7H6ClF2N.